The molecule has 1 rings (SSSR count). The van der Waals surface area contributed by atoms with Crippen LogP contribution in [0.3, 0.4) is 0 Å². The van der Waals surface area contributed by atoms with Gasteiger partial charge in [0.2, 0.25) is 11.8 Å². The van der Waals surface area contributed by atoms with Crippen molar-refractivity contribution < 1.29 is 47.7 Å². The second-order valence-electron chi connectivity index (χ2n) is 15.9. The topological polar surface area (TPSA) is 156 Å². The molecule has 12 heteroatoms. The van der Waals surface area contributed by atoms with Gasteiger partial charge in [-0.15, -0.1) is 0 Å². The minimum absolute atomic E-state index is 0.236. The fourth-order valence-corrected chi connectivity index (χ4v) is 7.48. The second kappa shape index (κ2) is 33.3. The summed E-state index contributed by atoms with van der Waals surface area (Å²) < 4.78 is 28.2. The van der Waals surface area contributed by atoms with Crippen molar-refractivity contribution in [3.8, 4) is 0 Å². The number of hydrogen-bond acceptors (Lipinski definition) is 10. The first-order chi connectivity index (χ1) is 27.0. The van der Waals surface area contributed by atoms with Crippen molar-refractivity contribution in [3.05, 3.63) is 0 Å². The van der Waals surface area contributed by atoms with E-state index in [1.54, 1.807) is 0 Å². The number of rotatable bonds is 34. The van der Waals surface area contributed by atoms with Crippen LogP contribution in [0.5, 0.6) is 0 Å². The van der Waals surface area contributed by atoms with Crippen molar-refractivity contribution in [2.45, 2.75) is 226 Å². The van der Waals surface area contributed by atoms with Gasteiger partial charge in [0.25, 0.3) is 0 Å². The van der Waals surface area contributed by atoms with Gasteiger partial charge in [-0.1, -0.05) is 155 Å². The Labute approximate surface area is 339 Å². The largest absolute Gasteiger partial charge is 0.463 e. The molecule has 326 valence electrons. The first-order valence-electron chi connectivity index (χ1n) is 22.3. The Morgan fingerprint density at radius 1 is 0.554 bits per heavy atom. The summed E-state index contributed by atoms with van der Waals surface area (Å²) in [6.45, 7) is 9.22. The first kappa shape index (κ1) is 51.3. The smallest absolute Gasteiger partial charge is 0.303 e. The molecule has 1 unspecified atom stereocenters. The predicted octanol–water partition coefficient (Wildman–Crippen LogP) is 8.79. The van der Waals surface area contributed by atoms with Crippen LogP contribution >= 0.6 is 0 Å². The lowest BCUT2D eigenvalue weighted by atomic mass is 9.94. The number of ether oxygens (including phenoxy) is 5. The highest BCUT2D eigenvalue weighted by molar-refractivity contribution is 5.78. The molecule has 56 heavy (non-hydrogen) atoms. The molecule has 6 atom stereocenters. The molecule has 0 aromatic carbocycles. The van der Waals surface area contributed by atoms with E-state index in [2.05, 4.69) is 24.5 Å². The van der Waals surface area contributed by atoms with Crippen LogP contribution in [-0.4, -0.2) is 80.1 Å². The highest BCUT2D eigenvalue weighted by atomic mass is 16.6. The van der Waals surface area contributed by atoms with E-state index in [-0.39, 0.29) is 13.2 Å². The van der Waals surface area contributed by atoms with Crippen LogP contribution in [0.1, 0.15) is 196 Å². The van der Waals surface area contributed by atoms with Crippen molar-refractivity contribution >= 4 is 29.7 Å². The van der Waals surface area contributed by atoms with Gasteiger partial charge in [-0.25, -0.2) is 0 Å². The monoisotopic (exact) mass is 797 g/mol. The van der Waals surface area contributed by atoms with E-state index in [9.17, 15) is 24.0 Å². The summed E-state index contributed by atoms with van der Waals surface area (Å²) in [6.07, 6.45) is 25.8. The van der Waals surface area contributed by atoms with Crippen molar-refractivity contribution in [2.24, 2.45) is 5.92 Å². The van der Waals surface area contributed by atoms with Crippen LogP contribution < -0.4 is 10.6 Å². The van der Waals surface area contributed by atoms with Crippen LogP contribution in [0.2, 0.25) is 0 Å². The molecular weight excluding hydrogens is 716 g/mol. The zero-order valence-corrected chi connectivity index (χ0v) is 36.1. The third-order valence-electron chi connectivity index (χ3n) is 10.4. The van der Waals surface area contributed by atoms with Gasteiger partial charge in [-0.05, 0) is 18.8 Å². The summed E-state index contributed by atoms with van der Waals surface area (Å²) in [5.74, 6) is -2.63. The molecule has 0 aromatic heterocycles. The van der Waals surface area contributed by atoms with Crippen molar-refractivity contribution in [1.82, 2.24) is 10.6 Å². The minimum atomic E-state index is -1.25. The number of hydrogen-bond donors (Lipinski definition) is 2. The summed E-state index contributed by atoms with van der Waals surface area (Å²) in [4.78, 5) is 61.4. The Morgan fingerprint density at radius 3 is 1.39 bits per heavy atom. The van der Waals surface area contributed by atoms with Crippen molar-refractivity contribution in [2.75, 3.05) is 19.8 Å². The summed E-state index contributed by atoms with van der Waals surface area (Å²) in [6, 6.07) is -1.12. The van der Waals surface area contributed by atoms with Gasteiger partial charge in [-0.3, -0.25) is 24.0 Å². The van der Waals surface area contributed by atoms with Gasteiger partial charge in [0.1, 0.15) is 25.4 Å². The molecule has 0 spiro atoms. The van der Waals surface area contributed by atoms with Crippen LogP contribution in [0.4, 0.5) is 0 Å². The number of unbranched alkanes of at least 4 members (excludes halogenated alkanes) is 20. The maximum Gasteiger partial charge on any atom is 0.303 e. The molecule has 1 aliphatic heterocycles. The summed E-state index contributed by atoms with van der Waals surface area (Å²) >= 11 is 0. The SMILES string of the molecule is CCCCCCCCCCCCCCC(CCCCCCCCCCCC)COCC(=O)N[C@@H]1O[C@H](COC(C)=O)[C@@H](OC(C)=O)[C@H](OC(C)=O)[C@H]1NC(C)=O. The van der Waals surface area contributed by atoms with Gasteiger partial charge in [0, 0.05) is 27.7 Å². The average Bonchev–Trinajstić information content (AvgIpc) is 3.13. The molecule has 2 N–H and O–H groups in total. The molecule has 0 aromatic rings. The molecular formula is C44H80N2O10. The summed E-state index contributed by atoms with van der Waals surface area (Å²) in [7, 11) is 0. The predicted molar refractivity (Wildman–Crippen MR) is 219 cm³/mol. The lowest BCUT2D eigenvalue weighted by Gasteiger charge is -2.45. The number of esters is 3. The van der Waals surface area contributed by atoms with Gasteiger partial charge in [0.15, 0.2) is 18.4 Å². The van der Waals surface area contributed by atoms with Crippen molar-refractivity contribution in [3.63, 3.8) is 0 Å². The number of carbonyl (C=O) groups is 5. The van der Waals surface area contributed by atoms with Crippen LogP contribution in [0.25, 0.3) is 0 Å². The maximum atomic E-state index is 13.3. The Hall–Kier alpha value is -2.73. The molecule has 0 bridgehead atoms. The molecule has 1 fully saturated rings. The van der Waals surface area contributed by atoms with Gasteiger partial charge in [0.05, 0.1) is 6.61 Å². The summed E-state index contributed by atoms with van der Waals surface area (Å²) in [5.41, 5.74) is 0. The quantitative estimate of drug-likeness (QED) is 0.0367. The highest BCUT2D eigenvalue weighted by Gasteiger charge is 2.51. The molecule has 0 saturated carbocycles. The van der Waals surface area contributed by atoms with E-state index < -0.39 is 60.3 Å². The zero-order valence-electron chi connectivity index (χ0n) is 36.1. The van der Waals surface area contributed by atoms with Crippen LogP contribution in [0.15, 0.2) is 0 Å². The fraction of sp³-hybridized carbons (Fsp3) is 0.886. The van der Waals surface area contributed by atoms with Gasteiger partial charge >= 0.3 is 17.9 Å². The average molecular weight is 797 g/mol. The van der Waals surface area contributed by atoms with E-state index in [1.165, 1.54) is 156 Å². The second-order valence-corrected chi connectivity index (χ2v) is 15.9. The Kier molecular flexibility index (Phi) is 30.5. The summed E-state index contributed by atoms with van der Waals surface area (Å²) in [5, 5.41) is 5.42. The highest BCUT2D eigenvalue weighted by Crippen LogP contribution is 2.27. The van der Waals surface area contributed by atoms with E-state index >= 15 is 0 Å². The van der Waals surface area contributed by atoms with E-state index in [4.69, 9.17) is 23.7 Å². The lowest BCUT2D eigenvalue weighted by molar-refractivity contribution is -0.228. The normalized spacial score (nSPS) is 19.9. The van der Waals surface area contributed by atoms with Gasteiger partial charge in [-0.2, -0.15) is 0 Å². The van der Waals surface area contributed by atoms with Crippen LogP contribution in [0, 0.1) is 5.92 Å². The van der Waals surface area contributed by atoms with E-state index in [0.717, 1.165) is 25.7 Å². The first-order valence-corrected chi connectivity index (χ1v) is 22.3. The molecule has 0 aliphatic carbocycles. The molecule has 2 amide bonds. The Balaban J connectivity index is 2.78. The lowest BCUT2D eigenvalue weighted by Crippen LogP contribution is -2.69. The van der Waals surface area contributed by atoms with Crippen LogP contribution in [-0.2, 0) is 47.7 Å². The van der Waals surface area contributed by atoms with Crippen molar-refractivity contribution in [1.29, 1.82) is 0 Å². The van der Waals surface area contributed by atoms with E-state index in [1.807, 2.05) is 0 Å². The minimum Gasteiger partial charge on any atom is -0.463 e. The van der Waals surface area contributed by atoms with E-state index in [0.29, 0.717) is 12.5 Å². The zero-order chi connectivity index (χ0) is 41.4. The third kappa shape index (κ3) is 26.2. The Morgan fingerprint density at radius 2 is 0.982 bits per heavy atom. The standard InChI is InChI=1S/C44H80N2O10/c1-7-9-11-13-15-17-19-20-22-24-26-28-30-38(29-27-25-23-21-18-16-14-12-10-8-2)31-52-33-40(51)46-44-41(45-34(3)47)43(55-37(6)50)42(54-36(5)49)39(56-44)32-53-35(4)48/h38-39,41-44H,7-33H2,1-6H3,(H,45,47)(H,46,51)/t38?,39-,41-,42-,43-,44-/m1/s1. The number of amides is 2. The molecule has 1 saturated heterocycles. The van der Waals surface area contributed by atoms with Gasteiger partial charge < -0.3 is 34.3 Å². The molecule has 12 nitrogen and oxygen atoms in total. The molecule has 1 heterocycles. The molecule has 0 radical (unpaired) electrons. The molecule has 1 aliphatic rings. The maximum absolute atomic E-state index is 13.3. The number of nitrogens with one attached hydrogen (secondary N) is 2. The fourth-order valence-electron chi connectivity index (χ4n) is 7.48. The third-order valence-corrected chi connectivity index (χ3v) is 10.4. The number of carbonyl (C=O) groups excluding carboxylic acids is 5. The Bertz CT molecular complexity index is 1070.